The van der Waals surface area contributed by atoms with E-state index in [1.165, 1.54) is 12.2 Å². The van der Waals surface area contributed by atoms with Crippen LogP contribution in [-0.4, -0.2) is 53.7 Å². The first-order valence-electron chi connectivity index (χ1n) is 10.6. The van der Waals surface area contributed by atoms with Gasteiger partial charge in [0.15, 0.2) is 11.5 Å². The first-order valence-corrected chi connectivity index (χ1v) is 10.6. The number of halogens is 3. The molecule has 182 valence electrons. The summed E-state index contributed by atoms with van der Waals surface area (Å²) in [7, 11) is 0. The molecule has 3 N–H and O–H groups in total. The summed E-state index contributed by atoms with van der Waals surface area (Å²) < 4.78 is 52.2. The van der Waals surface area contributed by atoms with E-state index < -0.39 is 17.8 Å². The van der Waals surface area contributed by atoms with Crippen molar-refractivity contribution in [2.45, 2.75) is 12.7 Å². The molecule has 3 rings (SSSR count). The molecule has 1 amide bonds. The molecule has 0 atom stereocenters. The zero-order valence-electron chi connectivity index (χ0n) is 18.2. The number of hydrogen-bond acceptors (Lipinski definition) is 5. The molecule has 10 heteroatoms. The predicted molar refractivity (Wildman–Crippen MR) is 121 cm³/mol. The summed E-state index contributed by atoms with van der Waals surface area (Å²) in [6.45, 7) is -0.308. The van der Waals surface area contributed by atoms with Crippen LogP contribution in [0.25, 0.3) is 17.0 Å². The average molecular weight is 478 g/mol. The van der Waals surface area contributed by atoms with Crippen LogP contribution in [0.5, 0.6) is 11.5 Å². The number of carbonyl (C=O) groups is 1. The lowest BCUT2D eigenvalue weighted by Crippen LogP contribution is -2.26. The topological polar surface area (TPSA) is 93.0 Å². The fourth-order valence-corrected chi connectivity index (χ4v) is 3.38. The molecule has 0 aliphatic heterocycles. The normalized spacial score (nSPS) is 11.8. The Morgan fingerprint density at radius 3 is 2.41 bits per heavy atom. The molecule has 0 saturated heterocycles. The van der Waals surface area contributed by atoms with Gasteiger partial charge in [-0.3, -0.25) is 4.79 Å². The molecule has 2 aromatic carbocycles. The Morgan fingerprint density at radius 1 is 1.00 bits per heavy atom. The monoisotopic (exact) mass is 478 g/mol. The van der Waals surface area contributed by atoms with Crippen LogP contribution in [0.15, 0.2) is 54.6 Å². The summed E-state index contributed by atoms with van der Waals surface area (Å²) in [5.74, 6) is 0.246. The fourth-order valence-electron chi connectivity index (χ4n) is 3.38. The summed E-state index contributed by atoms with van der Waals surface area (Å²) >= 11 is 0. The second-order valence-corrected chi connectivity index (χ2v) is 7.21. The molecule has 3 aromatic rings. The summed E-state index contributed by atoms with van der Waals surface area (Å²) in [5, 5.41) is 21.0. The van der Waals surface area contributed by atoms with Crippen LogP contribution in [0.2, 0.25) is 0 Å². The van der Waals surface area contributed by atoms with Crippen LogP contribution in [0.3, 0.4) is 0 Å². The molecule has 0 saturated carbocycles. The molecule has 1 heterocycles. The number of para-hydroxylation sites is 1. The van der Waals surface area contributed by atoms with Crippen LogP contribution in [0.1, 0.15) is 11.3 Å². The van der Waals surface area contributed by atoms with Gasteiger partial charge in [-0.05, 0) is 35.9 Å². The van der Waals surface area contributed by atoms with E-state index >= 15 is 0 Å². The number of nitrogens with zero attached hydrogens (tertiary/aromatic N) is 1. The molecular weight excluding hydrogens is 453 g/mol. The Bertz CT molecular complexity index is 1140. The highest BCUT2D eigenvalue weighted by Crippen LogP contribution is 2.34. The van der Waals surface area contributed by atoms with Gasteiger partial charge in [0, 0.05) is 30.1 Å². The summed E-state index contributed by atoms with van der Waals surface area (Å²) in [4.78, 5) is 12.2. The minimum Gasteiger partial charge on any atom is -0.487 e. The Kier molecular flexibility index (Phi) is 8.55. The molecule has 0 aliphatic rings. The SMILES string of the molecule is O=C(/C=C/c1ccc(OCCO)c(OCCO)c1)NCCn1c(C(F)(F)F)cc2ccccc21. The van der Waals surface area contributed by atoms with Gasteiger partial charge in [-0.15, -0.1) is 0 Å². The van der Waals surface area contributed by atoms with Crippen molar-refractivity contribution in [3.05, 3.63) is 65.9 Å². The van der Waals surface area contributed by atoms with Crippen molar-refractivity contribution < 1.29 is 37.7 Å². The van der Waals surface area contributed by atoms with Crippen LogP contribution in [-0.2, 0) is 17.5 Å². The number of carbonyl (C=O) groups excluding carboxylic acids is 1. The van der Waals surface area contributed by atoms with Gasteiger partial charge in [-0.1, -0.05) is 24.3 Å². The van der Waals surface area contributed by atoms with Crippen molar-refractivity contribution in [2.24, 2.45) is 0 Å². The lowest BCUT2D eigenvalue weighted by molar-refractivity contribution is -0.143. The van der Waals surface area contributed by atoms with E-state index in [9.17, 15) is 18.0 Å². The Morgan fingerprint density at radius 2 is 1.71 bits per heavy atom. The van der Waals surface area contributed by atoms with E-state index in [-0.39, 0.29) is 39.5 Å². The molecule has 0 fully saturated rings. The number of aliphatic hydroxyl groups is 2. The maximum Gasteiger partial charge on any atom is 0.431 e. The maximum atomic E-state index is 13.4. The van der Waals surface area contributed by atoms with Gasteiger partial charge in [-0.2, -0.15) is 13.2 Å². The highest BCUT2D eigenvalue weighted by atomic mass is 19.4. The Hall–Kier alpha value is -3.50. The summed E-state index contributed by atoms with van der Waals surface area (Å²) in [5.41, 5.74) is 0.283. The van der Waals surface area contributed by atoms with E-state index in [1.54, 1.807) is 42.5 Å². The number of aliphatic hydroxyl groups excluding tert-OH is 2. The van der Waals surface area contributed by atoms with E-state index in [1.807, 2.05) is 0 Å². The number of nitrogens with one attached hydrogen (secondary N) is 1. The van der Waals surface area contributed by atoms with E-state index in [4.69, 9.17) is 19.7 Å². The van der Waals surface area contributed by atoms with Gasteiger partial charge >= 0.3 is 6.18 Å². The van der Waals surface area contributed by atoms with Crippen molar-refractivity contribution in [1.29, 1.82) is 0 Å². The van der Waals surface area contributed by atoms with Gasteiger partial charge < -0.3 is 29.6 Å². The molecule has 1 aromatic heterocycles. The third-order valence-corrected chi connectivity index (χ3v) is 4.83. The number of hydrogen-bond donors (Lipinski definition) is 3. The molecule has 0 unspecified atom stereocenters. The first kappa shape index (κ1) is 25.1. The molecule has 0 aliphatic carbocycles. The van der Waals surface area contributed by atoms with Crippen LogP contribution < -0.4 is 14.8 Å². The van der Waals surface area contributed by atoms with Gasteiger partial charge in [0.2, 0.25) is 5.91 Å². The largest absolute Gasteiger partial charge is 0.487 e. The number of rotatable bonds is 11. The zero-order chi connectivity index (χ0) is 24.6. The van der Waals surface area contributed by atoms with Crippen molar-refractivity contribution >= 4 is 22.9 Å². The van der Waals surface area contributed by atoms with E-state index in [0.29, 0.717) is 28.0 Å². The van der Waals surface area contributed by atoms with Gasteiger partial charge in [0.1, 0.15) is 18.9 Å². The lowest BCUT2D eigenvalue weighted by atomic mass is 10.2. The number of ether oxygens (including phenoxy) is 2. The van der Waals surface area contributed by atoms with E-state index in [0.717, 1.165) is 10.6 Å². The second kappa shape index (κ2) is 11.6. The number of fused-ring (bicyclic) bond motifs is 1. The van der Waals surface area contributed by atoms with Gasteiger partial charge in [-0.25, -0.2) is 0 Å². The quantitative estimate of drug-likeness (QED) is 0.368. The summed E-state index contributed by atoms with van der Waals surface area (Å²) in [6.07, 6.45) is -1.73. The number of amides is 1. The molecule has 0 bridgehead atoms. The minimum absolute atomic E-state index is 0.00370. The third-order valence-electron chi connectivity index (χ3n) is 4.83. The number of alkyl halides is 3. The average Bonchev–Trinajstić information content (AvgIpc) is 3.20. The standard InChI is InChI=1S/C24H25F3N2O5/c25-24(26,27)22-16-18-3-1-2-4-19(18)29(22)10-9-28-23(32)8-6-17-5-7-20(33-13-11-30)21(15-17)34-14-12-31/h1-8,15-16,30-31H,9-14H2,(H,28,32)/b8-6+. The van der Waals surface area contributed by atoms with Crippen LogP contribution >= 0.6 is 0 Å². The lowest BCUT2D eigenvalue weighted by Gasteiger charge is -2.13. The fraction of sp³-hybridized carbons (Fsp3) is 0.292. The number of aromatic nitrogens is 1. The van der Waals surface area contributed by atoms with Crippen LogP contribution in [0, 0.1) is 0 Å². The van der Waals surface area contributed by atoms with Crippen molar-refractivity contribution in [3.63, 3.8) is 0 Å². The highest BCUT2D eigenvalue weighted by Gasteiger charge is 2.35. The third kappa shape index (κ3) is 6.52. The zero-order valence-corrected chi connectivity index (χ0v) is 18.2. The summed E-state index contributed by atoms with van der Waals surface area (Å²) in [6, 6.07) is 12.5. The highest BCUT2D eigenvalue weighted by molar-refractivity contribution is 5.91. The predicted octanol–water partition coefficient (Wildman–Crippen LogP) is 3.23. The van der Waals surface area contributed by atoms with Crippen molar-refractivity contribution in [3.8, 4) is 11.5 Å². The van der Waals surface area contributed by atoms with Crippen LogP contribution in [0.4, 0.5) is 13.2 Å². The van der Waals surface area contributed by atoms with Crippen molar-refractivity contribution in [2.75, 3.05) is 33.0 Å². The van der Waals surface area contributed by atoms with E-state index in [2.05, 4.69) is 5.32 Å². The van der Waals surface area contributed by atoms with Crippen molar-refractivity contribution in [1.82, 2.24) is 9.88 Å². The molecule has 34 heavy (non-hydrogen) atoms. The second-order valence-electron chi connectivity index (χ2n) is 7.21. The van der Waals surface area contributed by atoms with Gasteiger partial charge in [0.25, 0.3) is 0 Å². The molecule has 0 radical (unpaired) electrons. The molecule has 0 spiro atoms. The minimum atomic E-state index is -4.51. The maximum absolute atomic E-state index is 13.4. The molecular formula is C24H25F3N2O5. The smallest absolute Gasteiger partial charge is 0.431 e. The molecule has 7 nitrogen and oxygen atoms in total. The Labute approximate surface area is 194 Å². The van der Waals surface area contributed by atoms with Gasteiger partial charge in [0.05, 0.1) is 13.2 Å². The number of benzene rings is 2. The Balaban J connectivity index is 1.64. The first-order chi connectivity index (χ1) is 16.3.